The first-order valence-corrected chi connectivity index (χ1v) is 6.55. The predicted octanol–water partition coefficient (Wildman–Crippen LogP) is 2.12. The molecule has 1 aliphatic rings. The molecule has 1 aromatic rings. The standard InChI is InChI=1S/C14H23N3O/c1-14(18-3)7-4-8-17(11-14)10-12-5-6-13(15-2)16-9-12/h5-6,9H,4,7-8,10-11H2,1-3H3,(H,15,16). The van der Waals surface area contributed by atoms with Crippen LogP contribution in [0.15, 0.2) is 18.3 Å². The Morgan fingerprint density at radius 3 is 2.94 bits per heavy atom. The molecule has 0 radical (unpaired) electrons. The lowest BCUT2D eigenvalue weighted by Crippen LogP contribution is -2.46. The highest BCUT2D eigenvalue weighted by Crippen LogP contribution is 2.24. The zero-order valence-corrected chi connectivity index (χ0v) is 11.6. The normalized spacial score (nSPS) is 25.1. The number of likely N-dealkylation sites (tertiary alicyclic amines) is 1. The van der Waals surface area contributed by atoms with Gasteiger partial charge in [-0.1, -0.05) is 6.07 Å². The number of piperidine rings is 1. The van der Waals surface area contributed by atoms with Gasteiger partial charge < -0.3 is 10.1 Å². The van der Waals surface area contributed by atoms with Crippen molar-refractivity contribution in [1.82, 2.24) is 9.88 Å². The summed E-state index contributed by atoms with van der Waals surface area (Å²) in [5.74, 6) is 0.916. The van der Waals surface area contributed by atoms with Crippen LogP contribution in [-0.4, -0.2) is 42.7 Å². The Hall–Kier alpha value is -1.13. The second-order valence-corrected chi connectivity index (χ2v) is 5.27. The maximum atomic E-state index is 5.62. The zero-order chi connectivity index (χ0) is 13.0. The molecule has 4 nitrogen and oxygen atoms in total. The van der Waals surface area contributed by atoms with Gasteiger partial charge in [0.05, 0.1) is 5.60 Å². The number of pyridine rings is 1. The molecular weight excluding hydrogens is 226 g/mol. The van der Waals surface area contributed by atoms with Gasteiger partial charge in [-0.25, -0.2) is 4.98 Å². The van der Waals surface area contributed by atoms with E-state index in [1.54, 1.807) is 0 Å². The van der Waals surface area contributed by atoms with Gasteiger partial charge in [-0.3, -0.25) is 4.90 Å². The monoisotopic (exact) mass is 249 g/mol. The summed E-state index contributed by atoms with van der Waals surface area (Å²) in [6.45, 7) is 5.29. The number of anilines is 1. The van der Waals surface area contributed by atoms with Crippen LogP contribution in [0.2, 0.25) is 0 Å². The molecule has 1 saturated heterocycles. The fraction of sp³-hybridized carbons (Fsp3) is 0.643. The van der Waals surface area contributed by atoms with Gasteiger partial charge in [-0.2, -0.15) is 0 Å². The van der Waals surface area contributed by atoms with E-state index in [1.807, 2.05) is 26.4 Å². The molecule has 0 aromatic carbocycles. The first-order valence-electron chi connectivity index (χ1n) is 6.55. The fourth-order valence-corrected chi connectivity index (χ4v) is 2.53. The molecule has 1 fully saturated rings. The summed E-state index contributed by atoms with van der Waals surface area (Å²) in [6.07, 6.45) is 4.30. The van der Waals surface area contributed by atoms with E-state index >= 15 is 0 Å². The maximum absolute atomic E-state index is 5.62. The van der Waals surface area contributed by atoms with Gasteiger partial charge in [0.15, 0.2) is 0 Å². The number of aromatic nitrogens is 1. The van der Waals surface area contributed by atoms with E-state index < -0.39 is 0 Å². The van der Waals surface area contributed by atoms with Crippen molar-refractivity contribution >= 4 is 5.82 Å². The number of hydrogen-bond donors (Lipinski definition) is 1. The van der Waals surface area contributed by atoms with Gasteiger partial charge in [0.25, 0.3) is 0 Å². The first kappa shape index (κ1) is 13.3. The first-order chi connectivity index (χ1) is 8.65. The van der Waals surface area contributed by atoms with Gasteiger partial charge in [-0.15, -0.1) is 0 Å². The second kappa shape index (κ2) is 5.67. The van der Waals surface area contributed by atoms with Crippen molar-refractivity contribution in [2.45, 2.75) is 31.9 Å². The summed E-state index contributed by atoms with van der Waals surface area (Å²) in [5.41, 5.74) is 1.27. The van der Waals surface area contributed by atoms with Crippen molar-refractivity contribution in [2.24, 2.45) is 0 Å². The van der Waals surface area contributed by atoms with E-state index in [9.17, 15) is 0 Å². The molecule has 0 aliphatic carbocycles. The second-order valence-electron chi connectivity index (χ2n) is 5.27. The predicted molar refractivity (Wildman–Crippen MR) is 73.7 cm³/mol. The van der Waals surface area contributed by atoms with E-state index in [4.69, 9.17) is 4.74 Å². The molecule has 2 rings (SSSR count). The lowest BCUT2D eigenvalue weighted by atomic mass is 9.94. The molecule has 1 aliphatic heterocycles. The third kappa shape index (κ3) is 3.21. The van der Waals surface area contributed by atoms with E-state index in [-0.39, 0.29) is 5.60 Å². The van der Waals surface area contributed by atoms with Crippen LogP contribution < -0.4 is 5.32 Å². The SMILES string of the molecule is CNc1ccc(CN2CCCC(C)(OC)C2)cn1. The Bertz CT molecular complexity index is 379. The van der Waals surface area contributed by atoms with E-state index in [1.165, 1.54) is 12.0 Å². The van der Waals surface area contributed by atoms with Crippen LogP contribution in [0, 0.1) is 0 Å². The van der Waals surface area contributed by atoms with Crippen LogP contribution in [0.5, 0.6) is 0 Å². The Balaban J connectivity index is 1.96. The van der Waals surface area contributed by atoms with E-state index in [0.717, 1.165) is 31.9 Å². The fourth-order valence-electron chi connectivity index (χ4n) is 2.53. The number of nitrogens with zero attached hydrogens (tertiary/aromatic N) is 2. The zero-order valence-electron chi connectivity index (χ0n) is 11.6. The summed E-state index contributed by atoms with van der Waals surface area (Å²) < 4.78 is 5.62. The topological polar surface area (TPSA) is 37.4 Å². The number of ether oxygens (including phenoxy) is 1. The van der Waals surface area contributed by atoms with Crippen molar-refractivity contribution in [3.05, 3.63) is 23.9 Å². The molecule has 1 N–H and O–H groups in total. The molecule has 1 aromatic heterocycles. The Morgan fingerprint density at radius 2 is 2.33 bits per heavy atom. The van der Waals surface area contributed by atoms with Crippen LogP contribution in [0.4, 0.5) is 5.82 Å². The van der Waals surface area contributed by atoms with Crippen LogP contribution in [0.25, 0.3) is 0 Å². The molecule has 4 heteroatoms. The van der Waals surface area contributed by atoms with Gasteiger partial charge in [-0.05, 0) is 37.9 Å². The number of nitrogens with one attached hydrogen (secondary N) is 1. The largest absolute Gasteiger partial charge is 0.377 e. The van der Waals surface area contributed by atoms with Crippen molar-refractivity contribution in [3.63, 3.8) is 0 Å². The van der Waals surface area contributed by atoms with E-state index in [2.05, 4.69) is 28.2 Å². The van der Waals surface area contributed by atoms with Crippen molar-refractivity contribution in [1.29, 1.82) is 0 Å². The molecule has 0 amide bonds. The smallest absolute Gasteiger partial charge is 0.125 e. The van der Waals surface area contributed by atoms with Crippen LogP contribution in [0.3, 0.4) is 0 Å². The highest BCUT2D eigenvalue weighted by Gasteiger charge is 2.30. The molecule has 2 heterocycles. The quantitative estimate of drug-likeness (QED) is 0.887. The molecular formula is C14H23N3O. The van der Waals surface area contributed by atoms with Gasteiger partial charge in [0, 0.05) is 33.4 Å². The number of rotatable bonds is 4. The van der Waals surface area contributed by atoms with Gasteiger partial charge in [0.1, 0.15) is 5.82 Å². The molecule has 0 bridgehead atoms. The highest BCUT2D eigenvalue weighted by molar-refractivity contribution is 5.34. The minimum absolute atomic E-state index is 0.0105. The summed E-state index contributed by atoms with van der Waals surface area (Å²) in [6, 6.07) is 4.16. The molecule has 1 atom stereocenters. The molecule has 0 saturated carbocycles. The van der Waals surface area contributed by atoms with E-state index in [0.29, 0.717) is 0 Å². The minimum atomic E-state index is 0.0105. The summed E-state index contributed by atoms with van der Waals surface area (Å²) >= 11 is 0. The van der Waals surface area contributed by atoms with Crippen LogP contribution in [-0.2, 0) is 11.3 Å². The minimum Gasteiger partial charge on any atom is -0.377 e. The molecule has 0 spiro atoms. The van der Waals surface area contributed by atoms with Crippen molar-refractivity contribution in [3.8, 4) is 0 Å². The van der Waals surface area contributed by atoms with Crippen molar-refractivity contribution in [2.75, 3.05) is 32.6 Å². The Morgan fingerprint density at radius 1 is 1.50 bits per heavy atom. The number of methoxy groups -OCH3 is 1. The average Bonchev–Trinajstić information content (AvgIpc) is 2.40. The molecule has 18 heavy (non-hydrogen) atoms. The van der Waals surface area contributed by atoms with Crippen LogP contribution in [0.1, 0.15) is 25.3 Å². The van der Waals surface area contributed by atoms with Gasteiger partial charge in [0.2, 0.25) is 0 Å². The summed E-state index contributed by atoms with van der Waals surface area (Å²) in [7, 11) is 3.70. The number of hydrogen-bond acceptors (Lipinski definition) is 4. The Labute approximate surface area is 109 Å². The average molecular weight is 249 g/mol. The summed E-state index contributed by atoms with van der Waals surface area (Å²) in [5, 5.41) is 3.04. The highest BCUT2D eigenvalue weighted by atomic mass is 16.5. The lowest BCUT2D eigenvalue weighted by molar-refractivity contribution is -0.0527. The third-order valence-corrected chi connectivity index (χ3v) is 3.72. The summed E-state index contributed by atoms with van der Waals surface area (Å²) in [4.78, 5) is 6.80. The van der Waals surface area contributed by atoms with Crippen molar-refractivity contribution < 1.29 is 4.74 Å². The third-order valence-electron chi connectivity index (χ3n) is 3.72. The van der Waals surface area contributed by atoms with Crippen LogP contribution >= 0.6 is 0 Å². The molecule has 1 unspecified atom stereocenters. The molecule has 100 valence electrons. The Kier molecular flexibility index (Phi) is 4.19. The maximum Gasteiger partial charge on any atom is 0.125 e. The lowest BCUT2D eigenvalue weighted by Gasteiger charge is -2.39. The van der Waals surface area contributed by atoms with Gasteiger partial charge >= 0.3 is 0 Å².